The third-order valence-corrected chi connectivity index (χ3v) is 5.20. The summed E-state index contributed by atoms with van der Waals surface area (Å²) in [6, 6.07) is 14.1. The van der Waals surface area contributed by atoms with Gasteiger partial charge in [0.25, 0.3) is 5.91 Å². The summed E-state index contributed by atoms with van der Waals surface area (Å²) >= 11 is 0. The molecule has 0 heterocycles. The molecule has 0 aliphatic heterocycles. The molecule has 0 aliphatic carbocycles. The van der Waals surface area contributed by atoms with Crippen LogP contribution in [0, 0.1) is 11.3 Å². The van der Waals surface area contributed by atoms with Gasteiger partial charge < -0.3 is 9.47 Å². The third-order valence-electron chi connectivity index (χ3n) is 3.72. The summed E-state index contributed by atoms with van der Waals surface area (Å²) in [7, 11) is -2.31. The van der Waals surface area contributed by atoms with Crippen molar-refractivity contribution in [1.29, 1.82) is 5.26 Å². The molecule has 0 radical (unpaired) electrons. The molecule has 10 nitrogen and oxygen atoms in total. The van der Waals surface area contributed by atoms with Crippen molar-refractivity contribution in [3.8, 4) is 17.6 Å². The number of hydrogen-bond acceptors (Lipinski definition) is 7. The van der Waals surface area contributed by atoms with Crippen molar-refractivity contribution < 1.29 is 27.5 Å². The molecule has 30 heavy (non-hydrogen) atoms. The van der Waals surface area contributed by atoms with E-state index >= 15 is 0 Å². The van der Waals surface area contributed by atoms with Crippen LogP contribution in [-0.2, 0) is 19.6 Å². The fourth-order valence-electron chi connectivity index (χ4n) is 2.20. The van der Waals surface area contributed by atoms with Gasteiger partial charge in [-0.25, -0.2) is 13.1 Å². The van der Waals surface area contributed by atoms with Crippen molar-refractivity contribution in [2.24, 2.45) is 0 Å². The number of hydrogen-bond donors (Lipinski definition) is 3. The van der Waals surface area contributed by atoms with E-state index in [-0.39, 0.29) is 29.2 Å². The summed E-state index contributed by atoms with van der Waals surface area (Å²) in [6.45, 7) is -0.578. The topological polar surface area (TPSA) is 147 Å². The largest absolute Gasteiger partial charge is 0.497 e. The van der Waals surface area contributed by atoms with Crippen LogP contribution >= 0.6 is 0 Å². The highest BCUT2D eigenvalue weighted by Gasteiger charge is 2.14. The van der Waals surface area contributed by atoms with Gasteiger partial charge in [0.15, 0.2) is 6.61 Å². The first-order valence-electron chi connectivity index (χ1n) is 8.69. The van der Waals surface area contributed by atoms with E-state index in [0.717, 1.165) is 0 Å². The van der Waals surface area contributed by atoms with Gasteiger partial charge in [0.05, 0.1) is 17.6 Å². The number of carbonyl (C=O) groups excluding carboxylic acids is 2. The Kier molecular flexibility index (Phi) is 8.16. The number of nitrogens with zero attached hydrogens (tertiary/aromatic N) is 1. The molecular weight excluding hydrogens is 412 g/mol. The lowest BCUT2D eigenvalue weighted by molar-refractivity contribution is -0.129. The summed E-state index contributed by atoms with van der Waals surface area (Å²) in [5, 5.41) is 8.95. The molecule has 0 fully saturated rings. The number of nitrogens with one attached hydrogen (secondary N) is 3. The molecule has 2 rings (SSSR count). The average Bonchev–Trinajstić information content (AvgIpc) is 2.76. The molecule has 11 heteroatoms. The van der Waals surface area contributed by atoms with Crippen LogP contribution in [0.25, 0.3) is 0 Å². The Balaban J connectivity index is 1.71. The second kappa shape index (κ2) is 10.8. The molecule has 158 valence electrons. The van der Waals surface area contributed by atoms with Crippen molar-refractivity contribution in [1.82, 2.24) is 15.6 Å². The van der Waals surface area contributed by atoms with Gasteiger partial charge >= 0.3 is 0 Å². The summed E-state index contributed by atoms with van der Waals surface area (Å²) in [5.74, 6) is -0.480. The lowest BCUT2D eigenvalue weighted by Gasteiger charge is -2.10. The second-order valence-electron chi connectivity index (χ2n) is 5.82. The fourth-order valence-corrected chi connectivity index (χ4v) is 3.24. The van der Waals surface area contributed by atoms with Crippen LogP contribution in [-0.4, -0.2) is 40.5 Å². The van der Waals surface area contributed by atoms with Crippen LogP contribution in [0.4, 0.5) is 0 Å². The van der Waals surface area contributed by atoms with Crippen molar-refractivity contribution in [2.75, 3.05) is 20.3 Å². The number of methoxy groups -OCH3 is 1. The quantitative estimate of drug-likeness (QED) is 0.488. The molecule has 2 amide bonds. The Morgan fingerprint density at radius 2 is 1.70 bits per heavy atom. The van der Waals surface area contributed by atoms with E-state index in [0.29, 0.717) is 5.75 Å². The van der Waals surface area contributed by atoms with Gasteiger partial charge in [-0.05, 0) is 36.4 Å². The molecule has 0 aromatic heterocycles. The lowest BCUT2D eigenvalue weighted by Crippen LogP contribution is -2.44. The number of sulfonamides is 1. The van der Waals surface area contributed by atoms with Gasteiger partial charge in [-0.2, -0.15) is 5.26 Å². The van der Waals surface area contributed by atoms with Gasteiger partial charge in [0.2, 0.25) is 15.9 Å². The van der Waals surface area contributed by atoms with Gasteiger partial charge in [0, 0.05) is 13.0 Å². The van der Waals surface area contributed by atoms with Crippen molar-refractivity contribution in [3.05, 3.63) is 54.1 Å². The molecule has 2 aromatic carbocycles. The Hall–Kier alpha value is -3.62. The summed E-state index contributed by atoms with van der Waals surface area (Å²) < 4.78 is 36.8. The average molecular weight is 432 g/mol. The monoisotopic (exact) mass is 432 g/mol. The van der Waals surface area contributed by atoms with E-state index in [1.165, 1.54) is 31.4 Å². The van der Waals surface area contributed by atoms with Crippen LogP contribution in [0.2, 0.25) is 0 Å². The SMILES string of the molecule is COc1ccc(S(=O)(=O)NCCC(=O)NNC(=O)COc2ccccc2C#N)cc1. The van der Waals surface area contributed by atoms with Crippen molar-refractivity contribution >= 4 is 21.8 Å². The van der Waals surface area contributed by atoms with E-state index in [9.17, 15) is 18.0 Å². The minimum Gasteiger partial charge on any atom is -0.497 e. The zero-order valence-corrected chi connectivity index (χ0v) is 16.9. The number of carbonyl (C=O) groups is 2. The normalized spacial score (nSPS) is 10.5. The smallest absolute Gasteiger partial charge is 0.276 e. The van der Waals surface area contributed by atoms with E-state index in [4.69, 9.17) is 14.7 Å². The minimum atomic E-state index is -3.78. The molecule has 0 aliphatic rings. The van der Waals surface area contributed by atoms with E-state index in [2.05, 4.69) is 15.6 Å². The minimum absolute atomic E-state index is 0.0341. The number of para-hydroxylation sites is 1. The Morgan fingerprint density at radius 3 is 2.37 bits per heavy atom. The first-order chi connectivity index (χ1) is 14.4. The highest BCUT2D eigenvalue weighted by Crippen LogP contribution is 2.16. The Morgan fingerprint density at radius 1 is 1.03 bits per heavy atom. The first-order valence-corrected chi connectivity index (χ1v) is 10.2. The zero-order chi connectivity index (χ0) is 22.0. The van der Waals surface area contributed by atoms with Gasteiger partial charge in [-0.1, -0.05) is 12.1 Å². The van der Waals surface area contributed by atoms with Gasteiger partial charge in [-0.15, -0.1) is 0 Å². The summed E-state index contributed by atoms with van der Waals surface area (Å²) in [6.07, 6.45) is -0.201. The maximum Gasteiger partial charge on any atom is 0.276 e. The van der Waals surface area contributed by atoms with Crippen LogP contribution < -0.4 is 25.0 Å². The maximum absolute atomic E-state index is 12.2. The van der Waals surface area contributed by atoms with E-state index in [1.807, 2.05) is 6.07 Å². The maximum atomic E-state index is 12.2. The number of nitriles is 1. The molecule has 2 aromatic rings. The molecular formula is C19H20N4O6S. The third kappa shape index (κ3) is 6.77. The standard InChI is InChI=1S/C19H20N4O6S/c1-28-15-6-8-16(9-7-15)30(26,27)21-11-10-18(24)22-23-19(25)13-29-17-5-3-2-4-14(17)12-20/h2-9,21H,10-11,13H2,1H3,(H,22,24)(H,23,25). The molecule has 0 atom stereocenters. The summed E-state index contributed by atoms with van der Waals surface area (Å²) in [5.41, 5.74) is 4.57. The molecule has 0 saturated carbocycles. The molecule has 3 N–H and O–H groups in total. The van der Waals surface area contributed by atoms with Crippen LogP contribution in [0.15, 0.2) is 53.4 Å². The van der Waals surface area contributed by atoms with Crippen LogP contribution in [0.1, 0.15) is 12.0 Å². The van der Waals surface area contributed by atoms with Crippen LogP contribution in [0.5, 0.6) is 11.5 Å². The zero-order valence-electron chi connectivity index (χ0n) is 16.0. The van der Waals surface area contributed by atoms with Gasteiger partial charge in [0.1, 0.15) is 17.6 Å². The van der Waals surface area contributed by atoms with E-state index < -0.39 is 28.4 Å². The highest BCUT2D eigenvalue weighted by atomic mass is 32.2. The number of ether oxygens (including phenoxy) is 2. The van der Waals surface area contributed by atoms with Gasteiger partial charge in [-0.3, -0.25) is 20.4 Å². The molecule has 0 bridgehead atoms. The fraction of sp³-hybridized carbons (Fsp3) is 0.211. The van der Waals surface area contributed by atoms with Crippen molar-refractivity contribution in [3.63, 3.8) is 0 Å². The Labute approximate surface area is 173 Å². The molecule has 0 unspecified atom stereocenters. The van der Waals surface area contributed by atoms with E-state index in [1.54, 1.807) is 24.3 Å². The lowest BCUT2D eigenvalue weighted by atomic mass is 10.2. The second-order valence-corrected chi connectivity index (χ2v) is 7.58. The number of rotatable bonds is 9. The predicted octanol–water partition coefficient (Wildman–Crippen LogP) is 0.462. The molecule has 0 spiro atoms. The van der Waals surface area contributed by atoms with Crippen LogP contribution in [0.3, 0.4) is 0 Å². The van der Waals surface area contributed by atoms with Crippen molar-refractivity contribution in [2.45, 2.75) is 11.3 Å². The predicted molar refractivity (Wildman–Crippen MR) is 106 cm³/mol. The summed E-state index contributed by atoms with van der Waals surface area (Å²) in [4.78, 5) is 23.5. The number of benzene rings is 2. The first kappa shape index (κ1) is 22.7. The number of amides is 2. The number of hydrazine groups is 1. The Bertz CT molecular complexity index is 1030. The molecule has 0 saturated heterocycles. The highest BCUT2D eigenvalue weighted by molar-refractivity contribution is 7.89.